The Balaban J connectivity index is 2.31. The molecule has 9 heteroatoms. The van der Waals surface area contributed by atoms with Gasteiger partial charge in [-0.2, -0.15) is 0 Å². The van der Waals surface area contributed by atoms with Gasteiger partial charge in [0.2, 0.25) is 5.91 Å². The fourth-order valence-electron chi connectivity index (χ4n) is 2.50. The summed E-state index contributed by atoms with van der Waals surface area (Å²) in [6.07, 6.45) is -0.220. The van der Waals surface area contributed by atoms with Crippen molar-refractivity contribution in [2.75, 3.05) is 0 Å². The third-order valence-corrected chi connectivity index (χ3v) is 3.68. The molecule has 0 spiro atoms. The van der Waals surface area contributed by atoms with Gasteiger partial charge in [-0.1, -0.05) is 18.2 Å². The standard InChI is InChI=1S/C17H15N3O6/c1-11(21)18-15(14-4-2-3-5-16(14)20(25)26)10-17(22)12-6-8-13(9-7-12)19(23)24/h2-9,15H,10H2,1H3,(H,18,21). The SMILES string of the molecule is CC(=O)NC(CC(=O)c1ccc([N+](=O)[O-])cc1)c1ccccc1[N+](=O)[O-]. The lowest BCUT2D eigenvalue weighted by Crippen LogP contribution is -2.28. The first-order valence-electron chi connectivity index (χ1n) is 7.57. The van der Waals surface area contributed by atoms with Gasteiger partial charge in [0.25, 0.3) is 11.4 Å². The van der Waals surface area contributed by atoms with Gasteiger partial charge in [-0.15, -0.1) is 0 Å². The van der Waals surface area contributed by atoms with Crippen molar-refractivity contribution < 1.29 is 19.4 Å². The summed E-state index contributed by atoms with van der Waals surface area (Å²) in [7, 11) is 0. The summed E-state index contributed by atoms with van der Waals surface area (Å²) >= 11 is 0. The summed E-state index contributed by atoms with van der Waals surface area (Å²) in [6, 6.07) is 9.96. The number of nitro benzene ring substituents is 2. The van der Waals surface area contributed by atoms with Crippen molar-refractivity contribution in [3.05, 3.63) is 79.9 Å². The minimum atomic E-state index is -0.892. The molecule has 0 aromatic heterocycles. The smallest absolute Gasteiger partial charge is 0.274 e. The molecular formula is C17H15N3O6. The lowest BCUT2D eigenvalue weighted by Gasteiger charge is -2.17. The first-order valence-corrected chi connectivity index (χ1v) is 7.57. The Morgan fingerprint density at radius 2 is 1.62 bits per heavy atom. The average molecular weight is 357 g/mol. The van der Waals surface area contributed by atoms with Crippen LogP contribution in [0.25, 0.3) is 0 Å². The Kier molecular flexibility index (Phi) is 5.74. The van der Waals surface area contributed by atoms with E-state index in [0.717, 1.165) is 0 Å². The fraction of sp³-hybridized carbons (Fsp3) is 0.176. The van der Waals surface area contributed by atoms with Gasteiger partial charge in [-0.25, -0.2) is 0 Å². The number of Topliss-reactive ketones (excluding diaryl/α,β-unsaturated/α-hetero) is 1. The molecule has 2 aromatic rings. The Bertz CT molecular complexity index is 863. The summed E-state index contributed by atoms with van der Waals surface area (Å²) in [5.74, 6) is -0.846. The normalized spacial score (nSPS) is 11.4. The molecule has 0 aliphatic heterocycles. The highest BCUT2D eigenvalue weighted by Gasteiger charge is 2.25. The van der Waals surface area contributed by atoms with Crippen LogP contribution in [0.15, 0.2) is 48.5 Å². The van der Waals surface area contributed by atoms with Gasteiger partial charge in [0.05, 0.1) is 21.5 Å². The number of nitro groups is 2. The Morgan fingerprint density at radius 3 is 2.15 bits per heavy atom. The van der Waals surface area contributed by atoms with Crippen LogP contribution in [0.2, 0.25) is 0 Å². The van der Waals surface area contributed by atoms with E-state index in [0.29, 0.717) is 0 Å². The molecule has 0 bridgehead atoms. The molecule has 134 valence electrons. The van der Waals surface area contributed by atoms with Crippen molar-refractivity contribution >= 4 is 23.1 Å². The summed E-state index contributed by atoms with van der Waals surface area (Å²) in [6.45, 7) is 1.25. The van der Waals surface area contributed by atoms with Crippen LogP contribution in [0.5, 0.6) is 0 Å². The van der Waals surface area contributed by atoms with Crippen LogP contribution in [0.4, 0.5) is 11.4 Å². The summed E-state index contributed by atoms with van der Waals surface area (Å²) in [5.41, 5.74) is 0.0638. The van der Waals surface area contributed by atoms with Crippen molar-refractivity contribution in [2.45, 2.75) is 19.4 Å². The minimum absolute atomic E-state index is 0.154. The van der Waals surface area contributed by atoms with E-state index in [1.165, 1.54) is 49.4 Å². The van der Waals surface area contributed by atoms with Gasteiger partial charge in [0.15, 0.2) is 5.78 Å². The topological polar surface area (TPSA) is 132 Å². The van der Waals surface area contributed by atoms with Crippen molar-refractivity contribution in [1.29, 1.82) is 0 Å². The molecule has 2 aromatic carbocycles. The summed E-state index contributed by atoms with van der Waals surface area (Å²) < 4.78 is 0. The monoisotopic (exact) mass is 357 g/mol. The Labute approximate surface area is 147 Å². The van der Waals surface area contributed by atoms with Crippen molar-refractivity contribution in [2.24, 2.45) is 0 Å². The van der Waals surface area contributed by atoms with Crippen LogP contribution >= 0.6 is 0 Å². The van der Waals surface area contributed by atoms with Crippen LogP contribution in [-0.2, 0) is 4.79 Å². The second-order valence-electron chi connectivity index (χ2n) is 5.50. The predicted octanol–water partition coefficient (Wildman–Crippen LogP) is 2.95. The molecule has 1 amide bonds. The number of carbonyl (C=O) groups excluding carboxylic acids is 2. The number of non-ortho nitro benzene ring substituents is 1. The van der Waals surface area contributed by atoms with E-state index in [2.05, 4.69) is 5.32 Å². The molecule has 0 aliphatic carbocycles. The zero-order valence-electron chi connectivity index (χ0n) is 13.7. The first kappa shape index (κ1) is 18.7. The number of rotatable bonds is 7. The van der Waals surface area contributed by atoms with Gasteiger partial charge < -0.3 is 5.32 Å². The molecule has 0 fully saturated rings. The summed E-state index contributed by atoms with van der Waals surface area (Å²) in [4.78, 5) is 44.7. The van der Waals surface area contributed by atoms with E-state index in [4.69, 9.17) is 0 Å². The number of para-hydroxylation sites is 1. The average Bonchev–Trinajstić information content (AvgIpc) is 2.60. The second kappa shape index (κ2) is 7.97. The lowest BCUT2D eigenvalue weighted by molar-refractivity contribution is -0.385. The Hall–Kier alpha value is -3.62. The van der Waals surface area contributed by atoms with Gasteiger partial charge in [0, 0.05) is 37.1 Å². The van der Waals surface area contributed by atoms with Crippen molar-refractivity contribution in [3.8, 4) is 0 Å². The maximum absolute atomic E-state index is 12.5. The number of benzene rings is 2. The van der Waals surface area contributed by atoms with Crippen LogP contribution in [-0.4, -0.2) is 21.5 Å². The number of nitrogens with zero attached hydrogens (tertiary/aromatic N) is 2. The second-order valence-corrected chi connectivity index (χ2v) is 5.50. The number of amides is 1. The van der Waals surface area contributed by atoms with Gasteiger partial charge in [-0.05, 0) is 12.1 Å². The van der Waals surface area contributed by atoms with Crippen molar-refractivity contribution in [1.82, 2.24) is 5.32 Å². The number of hydrogen-bond acceptors (Lipinski definition) is 6. The highest BCUT2D eigenvalue weighted by Crippen LogP contribution is 2.28. The zero-order valence-corrected chi connectivity index (χ0v) is 13.7. The van der Waals surface area contributed by atoms with E-state index in [-0.39, 0.29) is 28.9 Å². The Morgan fingerprint density at radius 1 is 1.00 bits per heavy atom. The molecule has 2 rings (SSSR count). The number of hydrogen-bond donors (Lipinski definition) is 1. The molecule has 0 saturated heterocycles. The van der Waals surface area contributed by atoms with Gasteiger partial charge in [0.1, 0.15) is 0 Å². The highest BCUT2D eigenvalue weighted by atomic mass is 16.6. The predicted molar refractivity (Wildman–Crippen MR) is 91.7 cm³/mol. The molecule has 9 nitrogen and oxygen atoms in total. The van der Waals surface area contributed by atoms with E-state index >= 15 is 0 Å². The van der Waals surface area contributed by atoms with E-state index in [9.17, 15) is 29.8 Å². The summed E-state index contributed by atoms with van der Waals surface area (Å²) in [5, 5.41) is 24.4. The third kappa shape index (κ3) is 4.47. The minimum Gasteiger partial charge on any atom is -0.349 e. The number of nitrogens with one attached hydrogen (secondary N) is 1. The third-order valence-electron chi connectivity index (χ3n) is 3.68. The van der Waals surface area contributed by atoms with E-state index in [1.807, 2.05) is 0 Å². The van der Waals surface area contributed by atoms with Gasteiger partial charge in [-0.3, -0.25) is 29.8 Å². The molecule has 26 heavy (non-hydrogen) atoms. The van der Waals surface area contributed by atoms with Gasteiger partial charge >= 0.3 is 0 Å². The number of ketones is 1. The van der Waals surface area contributed by atoms with Crippen LogP contribution in [0.1, 0.15) is 35.3 Å². The largest absolute Gasteiger partial charge is 0.349 e. The molecule has 0 radical (unpaired) electrons. The van der Waals surface area contributed by atoms with Crippen LogP contribution < -0.4 is 5.32 Å². The molecule has 1 N–H and O–H groups in total. The first-order chi connectivity index (χ1) is 12.3. The highest BCUT2D eigenvalue weighted by molar-refractivity contribution is 5.97. The van der Waals surface area contributed by atoms with E-state index in [1.54, 1.807) is 6.07 Å². The van der Waals surface area contributed by atoms with E-state index < -0.39 is 27.6 Å². The molecule has 0 saturated carbocycles. The lowest BCUT2D eigenvalue weighted by atomic mass is 9.96. The van der Waals surface area contributed by atoms with Crippen molar-refractivity contribution in [3.63, 3.8) is 0 Å². The molecule has 1 unspecified atom stereocenters. The fourth-order valence-corrected chi connectivity index (χ4v) is 2.50. The molecule has 0 heterocycles. The molecular weight excluding hydrogens is 342 g/mol. The molecule has 1 atom stereocenters. The van der Waals surface area contributed by atoms with Crippen LogP contribution in [0.3, 0.4) is 0 Å². The molecule has 0 aliphatic rings. The maximum Gasteiger partial charge on any atom is 0.274 e. The van der Waals surface area contributed by atoms with Crippen LogP contribution in [0, 0.1) is 20.2 Å². The quantitative estimate of drug-likeness (QED) is 0.460. The number of carbonyl (C=O) groups is 2. The maximum atomic E-state index is 12.5. The zero-order chi connectivity index (χ0) is 19.3.